The molecule has 18 heavy (non-hydrogen) atoms. The minimum atomic E-state index is -0.373. The van der Waals surface area contributed by atoms with E-state index in [0.29, 0.717) is 6.54 Å². The van der Waals surface area contributed by atoms with Crippen LogP contribution in [0.5, 0.6) is 0 Å². The molecular weight excluding hydrogens is 228 g/mol. The van der Waals surface area contributed by atoms with E-state index < -0.39 is 0 Å². The van der Waals surface area contributed by atoms with Gasteiger partial charge in [0.2, 0.25) is 0 Å². The van der Waals surface area contributed by atoms with E-state index in [1.807, 2.05) is 34.6 Å². The second-order valence-corrected chi connectivity index (χ2v) is 4.82. The predicted molar refractivity (Wildman–Crippen MR) is 75.0 cm³/mol. The number of aromatic nitrogens is 2. The average Bonchev–Trinajstić information content (AvgIpc) is 2.31. The molecule has 0 bridgehead atoms. The first-order valence-electron chi connectivity index (χ1n) is 6.46. The largest absolute Gasteiger partial charge is 0.391 e. The molecule has 0 saturated heterocycles. The summed E-state index contributed by atoms with van der Waals surface area (Å²) in [7, 11) is 0. The van der Waals surface area contributed by atoms with Crippen molar-refractivity contribution in [1.82, 2.24) is 9.97 Å². The molecule has 0 aliphatic carbocycles. The van der Waals surface area contributed by atoms with Crippen LogP contribution in [-0.4, -0.2) is 34.3 Å². The Balaban J connectivity index is 2.82. The van der Waals surface area contributed by atoms with Crippen LogP contribution >= 0.6 is 0 Å². The standard InChI is InChI=1S/C13H24N4O/c1-6-14-12-9(4)13(17-10(5)16-12)15-7-11(18)8(2)3/h8,11,18H,6-7H2,1-5H3,(H2,14,15,16,17). The van der Waals surface area contributed by atoms with E-state index in [-0.39, 0.29) is 12.0 Å². The third-order valence-corrected chi connectivity index (χ3v) is 2.85. The van der Waals surface area contributed by atoms with Crippen molar-refractivity contribution in [2.75, 3.05) is 23.7 Å². The minimum Gasteiger partial charge on any atom is -0.391 e. The Bertz CT molecular complexity index is 393. The molecule has 1 atom stereocenters. The molecule has 5 heteroatoms. The second-order valence-electron chi connectivity index (χ2n) is 4.82. The average molecular weight is 252 g/mol. The highest BCUT2D eigenvalue weighted by Crippen LogP contribution is 2.19. The number of nitrogens with zero attached hydrogens (tertiary/aromatic N) is 2. The molecule has 3 N–H and O–H groups in total. The molecule has 0 aliphatic rings. The molecule has 1 unspecified atom stereocenters. The highest BCUT2D eigenvalue weighted by Gasteiger charge is 2.12. The van der Waals surface area contributed by atoms with Crippen LogP contribution in [0.4, 0.5) is 11.6 Å². The maximum absolute atomic E-state index is 9.80. The molecular formula is C13H24N4O. The highest BCUT2D eigenvalue weighted by molar-refractivity contribution is 5.57. The summed E-state index contributed by atoms with van der Waals surface area (Å²) in [5.41, 5.74) is 0.985. The van der Waals surface area contributed by atoms with Gasteiger partial charge in [-0.15, -0.1) is 0 Å². The zero-order valence-corrected chi connectivity index (χ0v) is 11.9. The summed E-state index contributed by atoms with van der Waals surface area (Å²) in [6, 6.07) is 0. The van der Waals surface area contributed by atoms with Crippen LogP contribution in [-0.2, 0) is 0 Å². The molecule has 1 aromatic heterocycles. The van der Waals surface area contributed by atoms with E-state index in [9.17, 15) is 5.11 Å². The number of aliphatic hydroxyl groups excluding tert-OH is 1. The minimum absolute atomic E-state index is 0.231. The molecule has 0 aromatic carbocycles. The van der Waals surface area contributed by atoms with Gasteiger partial charge in [0.15, 0.2) is 0 Å². The van der Waals surface area contributed by atoms with Gasteiger partial charge in [-0.2, -0.15) is 0 Å². The Labute approximate surface area is 109 Å². The highest BCUT2D eigenvalue weighted by atomic mass is 16.3. The number of aliphatic hydroxyl groups is 1. The molecule has 0 fully saturated rings. The molecule has 1 rings (SSSR count). The molecule has 0 aliphatic heterocycles. The van der Waals surface area contributed by atoms with Gasteiger partial charge >= 0.3 is 0 Å². The zero-order chi connectivity index (χ0) is 13.7. The summed E-state index contributed by atoms with van der Waals surface area (Å²) < 4.78 is 0. The molecule has 1 heterocycles. The maximum Gasteiger partial charge on any atom is 0.134 e. The molecule has 0 amide bonds. The molecule has 0 spiro atoms. The van der Waals surface area contributed by atoms with Gasteiger partial charge in [-0.25, -0.2) is 9.97 Å². The van der Waals surface area contributed by atoms with Crippen molar-refractivity contribution in [3.63, 3.8) is 0 Å². The Morgan fingerprint density at radius 3 is 2.17 bits per heavy atom. The van der Waals surface area contributed by atoms with Crippen molar-refractivity contribution in [1.29, 1.82) is 0 Å². The van der Waals surface area contributed by atoms with Gasteiger partial charge in [0, 0.05) is 18.7 Å². The maximum atomic E-state index is 9.80. The summed E-state index contributed by atoms with van der Waals surface area (Å²) in [6.45, 7) is 11.2. The summed E-state index contributed by atoms with van der Waals surface area (Å²) in [5, 5.41) is 16.2. The molecule has 5 nitrogen and oxygen atoms in total. The van der Waals surface area contributed by atoms with Gasteiger partial charge in [0.05, 0.1) is 6.10 Å². The third-order valence-electron chi connectivity index (χ3n) is 2.85. The van der Waals surface area contributed by atoms with Crippen LogP contribution < -0.4 is 10.6 Å². The van der Waals surface area contributed by atoms with Crippen molar-refractivity contribution in [2.45, 2.75) is 40.7 Å². The van der Waals surface area contributed by atoms with Gasteiger partial charge < -0.3 is 15.7 Å². The Kier molecular flexibility index (Phi) is 5.34. The van der Waals surface area contributed by atoms with Gasteiger partial charge in [0.25, 0.3) is 0 Å². The first-order chi connectivity index (χ1) is 8.45. The topological polar surface area (TPSA) is 70.1 Å². The first kappa shape index (κ1) is 14.7. The first-order valence-corrected chi connectivity index (χ1v) is 6.46. The molecule has 102 valence electrons. The quantitative estimate of drug-likeness (QED) is 0.722. The second kappa shape index (κ2) is 6.54. The molecule has 0 saturated carbocycles. The van der Waals surface area contributed by atoms with Gasteiger partial charge in [0.1, 0.15) is 17.5 Å². The van der Waals surface area contributed by atoms with Gasteiger partial charge in [-0.1, -0.05) is 13.8 Å². The van der Waals surface area contributed by atoms with Crippen LogP contribution in [0.15, 0.2) is 0 Å². The van der Waals surface area contributed by atoms with E-state index >= 15 is 0 Å². The number of hydrogen-bond acceptors (Lipinski definition) is 5. The van der Waals surface area contributed by atoms with Crippen LogP contribution in [0, 0.1) is 19.8 Å². The summed E-state index contributed by atoms with van der Waals surface area (Å²) in [5.74, 6) is 2.59. The van der Waals surface area contributed by atoms with Crippen molar-refractivity contribution >= 4 is 11.6 Å². The van der Waals surface area contributed by atoms with Crippen LogP contribution in [0.25, 0.3) is 0 Å². The lowest BCUT2D eigenvalue weighted by Crippen LogP contribution is -2.25. The van der Waals surface area contributed by atoms with E-state index in [1.165, 1.54) is 0 Å². The van der Waals surface area contributed by atoms with Gasteiger partial charge in [-0.05, 0) is 26.7 Å². The Morgan fingerprint density at radius 1 is 1.11 bits per heavy atom. The summed E-state index contributed by atoms with van der Waals surface area (Å²) in [6.07, 6.45) is -0.373. The SMILES string of the molecule is CCNc1nc(C)nc(NCC(O)C(C)C)c1C. The van der Waals surface area contributed by atoms with Gasteiger partial charge in [-0.3, -0.25) is 0 Å². The van der Waals surface area contributed by atoms with E-state index in [1.54, 1.807) is 0 Å². The number of rotatable bonds is 6. The van der Waals surface area contributed by atoms with Crippen molar-refractivity contribution in [2.24, 2.45) is 5.92 Å². The molecule has 1 aromatic rings. The number of aryl methyl sites for hydroxylation is 1. The lowest BCUT2D eigenvalue weighted by Gasteiger charge is -2.18. The summed E-state index contributed by atoms with van der Waals surface area (Å²) in [4.78, 5) is 8.73. The molecule has 0 radical (unpaired) electrons. The number of nitrogens with one attached hydrogen (secondary N) is 2. The zero-order valence-electron chi connectivity index (χ0n) is 11.9. The predicted octanol–water partition coefficient (Wildman–Crippen LogP) is 1.95. The van der Waals surface area contributed by atoms with E-state index in [4.69, 9.17) is 0 Å². The number of anilines is 2. The van der Waals surface area contributed by atoms with E-state index in [0.717, 1.165) is 29.6 Å². The Hall–Kier alpha value is -1.36. The van der Waals surface area contributed by atoms with Crippen LogP contribution in [0.1, 0.15) is 32.2 Å². The van der Waals surface area contributed by atoms with Crippen LogP contribution in [0.2, 0.25) is 0 Å². The fourth-order valence-electron chi connectivity index (χ4n) is 1.58. The summed E-state index contributed by atoms with van der Waals surface area (Å²) >= 11 is 0. The lowest BCUT2D eigenvalue weighted by atomic mass is 10.1. The van der Waals surface area contributed by atoms with E-state index in [2.05, 4.69) is 20.6 Å². The van der Waals surface area contributed by atoms with Crippen molar-refractivity contribution < 1.29 is 5.11 Å². The van der Waals surface area contributed by atoms with Crippen LogP contribution in [0.3, 0.4) is 0 Å². The van der Waals surface area contributed by atoms with Crippen molar-refractivity contribution in [3.8, 4) is 0 Å². The third kappa shape index (κ3) is 3.84. The fourth-order valence-corrected chi connectivity index (χ4v) is 1.58. The lowest BCUT2D eigenvalue weighted by molar-refractivity contribution is 0.138. The monoisotopic (exact) mass is 252 g/mol. The number of hydrogen-bond donors (Lipinski definition) is 3. The van der Waals surface area contributed by atoms with Crippen molar-refractivity contribution in [3.05, 3.63) is 11.4 Å². The normalized spacial score (nSPS) is 12.6. The Morgan fingerprint density at radius 2 is 1.67 bits per heavy atom. The smallest absolute Gasteiger partial charge is 0.134 e. The fraction of sp³-hybridized carbons (Fsp3) is 0.692.